The van der Waals surface area contributed by atoms with Gasteiger partial charge in [0.2, 0.25) is 0 Å². The molecule has 2 nitrogen and oxygen atoms in total. The van der Waals surface area contributed by atoms with E-state index < -0.39 is 0 Å². The van der Waals surface area contributed by atoms with E-state index in [0.29, 0.717) is 6.04 Å². The van der Waals surface area contributed by atoms with Crippen molar-refractivity contribution in [2.75, 3.05) is 19.5 Å². The summed E-state index contributed by atoms with van der Waals surface area (Å²) in [6.07, 6.45) is 0. The maximum atomic E-state index is 5.21. The molecule has 0 bridgehead atoms. The first-order valence-corrected chi connectivity index (χ1v) is 7.08. The van der Waals surface area contributed by atoms with E-state index in [4.69, 9.17) is 4.74 Å². The third-order valence-corrected chi connectivity index (χ3v) is 4.18. The van der Waals surface area contributed by atoms with Gasteiger partial charge in [0.05, 0.1) is 11.6 Å². The largest absolute Gasteiger partial charge is 0.496 e. The predicted octanol–water partition coefficient (Wildman–Crippen LogP) is 3.67. The second kappa shape index (κ2) is 6.62. The Hall–Kier alpha value is -0.0600. The Balaban J connectivity index is 2.71. The number of ether oxygens (including phenoxy) is 1. The molecule has 16 heavy (non-hydrogen) atoms. The maximum absolute atomic E-state index is 5.21. The highest BCUT2D eigenvalue weighted by Gasteiger charge is 2.09. The summed E-state index contributed by atoms with van der Waals surface area (Å²) in [7, 11) is 3.81. The third-order valence-electron chi connectivity index (χ3n) is 2.62. The molecule has 4 heteroatoms. The highest BCUT2D eigenvalue weighted by molar-refractivity contribution is 9.10. The molecule has 0 amide bonds. The Morgan fingerprint density at radius 2 is 2.12 bits per heavy atom. The molecule has 0 aliphatic rings. The maximum Gasteiger partial charge on any atom is 0.133 e. The van der Waals surface area contributed by atoms with E-state index in [2.05, 4.69) is 62.9 Å². The van der Waals surface area contributed by atoms with Gasteiger partial charge in [-0.2, -0.15) is 0 Å². The highest BCUT2D eigenvalue weighted by Crippen LogP contribution is 2.26. The average molecular weight is 351 g/mol. The number of hydrogen-bond acceptors (Lipinski definition) is 2. The second-order valence-corrected chi connectivity index (χ2v) is 5.39. The van der Waals surface area contributed by atoms with Crippen LogP contribution in [-0.2, 0) is 6.54 Å². The molecule has 0 fully saturated rings. The molecule has 1 rings (SSSR count). The summed E-state index contributed by atoms with van der Waals surface area (Å²) < 4.78 is 6.21. The topological polar surface area (TPSA) is 12.5 Å². The average Bonchev–Trinajstić information content (AvgIpc) is 2.28. The van der Waals surface area contributed by atoms with Crippen LogP contribution in [0.25, 0.3) is 0 Å². The second-order valence-electron chi connectivity index (χ2n) is 3.89. The van der Waals surface area contributed by atoms with Crippen molar-refractivity contribution in [3.8, 4) is 5.75 Å². The summed E-state index contributed by atoms with van der Waals surface area (Å²) >= 11 is 6.99. The van der Waals surface area contributed by atoms with Gasteiger partial charge >= 0.3 is 0 Å². The molecule has 0 saturated heterocycles. The van der Waals surface area contributed by atoms with Crippen LogP contribution in [0, 0.1) is 0 Å². The van der Waals surface area contributed by atoms with Crippen LogP contribution in [0.1, 0.15) is 12.5 Å². The van der Waals surface area contributed by atoms with Crippen molar-refractivity contribution in [1.29, 1.82) is 0 Å². The van der Waals surface area contributed by atoms with Crippen LogP contribution < -0.4 is 4.74 Å². The van der Waals surface area contributed by atoms with Crippen LogP contribution in [0.5, 0.6) is 5.75 Å². The molecule has 0 radical (unpaired) electrons. The molecular formula is C12H17Br2NO. The molecule has 0 aliphatic heterocycles. The first-order valence-electron chi connectivity index (χ1n) is 5.17. The number of hydrogen-bond donors (Lipinski definition) is 0. The summed E-state index contributed by atoms with van der Waals surface area (Å²) in [5.74, 6) is 0.875. The van der Waals surface area contributed by atoms with Gasteiger partial charge in [-0.1, -0.05) is 22.0 Å². The van der Waals surface area contributed by atoms with Crippen molar-refractivity contribution in [2.45, 2.75) is 19.5 Å². The Morgan fingerprint density at radius 3 is 2.62 bits per heavy atom. The van der Waals surface area contributed by atoms with Crippen molar-refractivity contribution in [3.05, 3.63) is 28.2 Å². The van der Waals surface area contributed by atoms with Crippen molar-refractivity contribution in [1.82, 2.24) is 4.90 Å². The zero-order chi connectivity index (χ0) is 12.1. The lowest BCUT2D eigenvalue weighted by Crippen LogP contribution is -2.29. The molecule has 1 unspecified atom stereocenters. The smallest absolute Gasteiger partial charge is 0.133 e. The van der Waals surface area contributed by atoms with Crippen molar-refractivity contribution in [2.24, 2.45) is 0 Å². The number of methoxy groups -OCH3 is 1. The fourth-order valence-electron chi connectivity index (χ4n) is 1.37. The van der Waals surface area contributed by atoms with Crippen LogP contribution in [0.15, 0.2) is 22.7 Å². The Kier molecular flexibility index (Phi) is 5.79. The van der Waals surface area contributed by atoms with Crippen molar-refractivity contribution in [3.63, 3.8) is 0 Å². The lowest BCUT2D eigenvalue weighted by atomic mass is 10.2. The molecule has 0 aliphatic carbocycles. The highest BCUT2D eigenvalue weighted by atomic mass is 79.9. The van der Waals surface area contributed by atoms with E-state index in [-0.39, 0.29) is 0 Å². The SMILES string of the molecule is COc1ccc(CN(C)C(C)CBr)cc1Br. The number of nitrogens with zero attached hydrogens (tertiary/aromatic N) is 1. The minimum atomic E-state index is 0.529. The number of benzene rings is 1. The van der Waals surface area contributed by atoms with Crippen LogP contribution in [0.3, 0.4) is 0 Å². The van der Waals surface area contributed by atoms with Gasteiger partial charge in [-0.05, 0) is 47.6 Å². The number of alkyl halides is 1. The van der Waals surface area contributed by atoms with Gasteiger partial charge in [0.25, 0.3) is 0 Å². The van der Waals surface area contributed by atoms with Gasteiger partial charge in [0, 0.05) is 17.9 Å². The molecule has 1 aromatic rings. The Morgan fingerprint density at radius 1 is 1.44 bits per heavy atom. The normalized spacial score (nSPS) is 12.9. The first-order chi connectivity index (χ1) is 7.58. The van der Waals surface area contributed by atoms with Gasteiger partial charge in [0.1, 0.15) is 5.75 Å². The van der Waals surface area contributed by atoms with Crippen LogP contribution >= 0.6 is 31.9 Å². The van der Waals surface area contributed by atoms with Gasteiger partial charge in [-0.25, -0.2) is 0 Å². The van der Waals surface area contributed by atoms with Gasteiger partial charge in [0.15, 0.2) is 0 Å². The molecule has 0 N–H and O–H groups in total. The Labute approximate surface area is 114 Å². The summed E-state index contributed by atoms with van der Waals surface area (Å²) in [4.78, 5) is 2.31. The zero-order valence-corrected chi connectivity index (χ0v) is 13.0. The zero-order valence-electron chi connectivity index (χ0n) is 9.84. The van der Waals surface area contributed by atoms with Gasteiger partial charge in [-0.3, -0.25) is 4.90 Å². The van der Waals surface area contributed by atoms with E-state index in [0.717, 1.165) is 22.1 Å². The number of rotatable bonds is 5. The quantitative estimate of drug-likeness (QED) is 0.751. The van der Waals surface area contributed by atoms with Crippen molar-refractivity contribution < 1.29 is 4.74 Å². The molecule has 0 heterocycles. The lowest BCUT2D eigenvalue weighted by Gasteiger charge is -2.23. The van der Waals surface area contributed by atoms with E-state index in [1.807, 2.05) is 6.07 Å². The molecule has 1 atom stereocenters. The molecular weight excluding hydrogens is 334 g/mol. The van der Waals surface area contributed by atoms with E-state index in [9.17, 15) is 0 Å². The summed E-state index contributed by atoms with van der Waals surface area (Å²) in [6, 6.07) is 6.73. The van der Waals surface area contributed by atoms with E-state index in [1.165, 1.54) is 5.56 Å². The minimum Gasteiger partial charge on any atom is -0.496 e. The first kappa shape index (κ1) is 14.0. The van der Waals surface area contributed by atoms with E-state index in [1.54, 1.807) is 7.11 Å². The molecule has 0 spiro atoms. The van der Waals surface area contributed by atoms with Gasteiger partial charge in [-0.15, -0.1) is 0 Å². The van der Waals surface area contributed by atoms with E-state index >= 15 is 0 Å². The number of halogens is 2. The molecule has 90 valence electrons. The molecule has 0 saturated carbocycles. The van der Waals surface area contributed by atoms with Crippen molar-refractivity contribution >= 4 is 31.9 Å². The lowest BCUT2D eigenvalue weighted by molar-refractivity contribution is 0.270. The fraction of sp³-hybridized carbons (Fsp3) is 0.500. The standard InChI is InChI=1S/C12H17Br2NO/c1-9(7-13)15(2)8-10-4-5-12(16-3)11(14)6-10/h4-6,9H,7-8H2,1-3H3. The summed E-state index contributed by atoms with van der Waals surface area (Å²) in [6.45, 7) is 3.14. The molecule has 0 aromatic heterocycles. The minimum absolute atomic E-state index is 0.529. The third kappa shape index (κ3) is 3.75. The summed E-state index contributed by atoms with van der Waals surface area (Å²) in [5, 5.41) is 0.987. The summed E-state index contributed by atoms with van der Waals surface area (Å²) in [5.41, 5.74) is 1.28. The monoisotopic (exact) mass is 349 g/mol. The fourth-order valence-corrected chi connectivity index (χ4v) is 2.45. The van der Waals surface area contributed by atoms with Crippen LogP contribution in [-0.4, -0.2) is 30.4 Å². The Bertz CT molecular complexity index is 344. The molecule has 1 aromatic carbocycles. The van der Waals surface area contributed by atoms with Crippen LogP contribution in [0.4, 0.5) is 0 Å². The van der Waals surface area contributed by atoms with Crippen LogP contribution in [0.2, 0.25) is 0 Å². The predicted molar refractivity (Wildman–Crippen MR) is 75.4 cm³/mol. The van der Waals surface area contributed by atoms with Gasteiger partial charge < -0.3 is 4.74 Å².